The maximum Gasteiger partial charge on any atom is 0.337 e. The second kappa shape index (κ2) is 7.74. The number of rotatable bonds is 7. The van der Waals surface area contributed by atoms with Gasteiger partial charge in [0.25, 0.3) is 5.91 Å². The van der Waals surface area contributed by atoms with E-state index in [1.807, 2.05) is 0 Å². The van der Waals surface area contributed by atoms with Crippen molar-refractivity contribution in [2.45, 2.75) is 25.3 Å². The maximum absolute atomic E-state index is 13.4. The van der Waals surface area contributed by atoms with Gasteiger partial charge in [-0.05, 0) is 24.5 Å². The Bertz CT molecular complexity index is 1070. The first-order valence-electron chi connectivity index (χ1n) is 9.02. The molecule has 3 aromatic heterocycles. The number of carboxylic acid groups (broad SMARTS) is 1. The van der Waals surface area contributed by atoms with Crippen molar-refractivity contribution >= 4 is 11.9 Å². The topological polar surface area (TPSA) is 123 Å². The Morgan fingerprint density at radius 3 is 2.66 bits per heavy atom. The first kappa shape index (κ1) is 18.7. The van der Waals surface area contributed by atoms with E-state index in [9.17, 15) is 14.0 Å². The zero-order valence-corrected chi connectivity index (χ0v) is 15.2. The minimum absolute atomic E-state index is 0.0287. The molecule has 4 rings (SSSR count). The minimum atomic E-state index is -1.10. The smallest absolute Gasteiger partial charge is 0.337 e. The van der Waals surface area contributed by atoms with Crippen LogP contribution >= 0.6 is 0 Å². The fourth-order valence-electron chi connectivity index (χ4n) is 2.95. The van der Waals surface area contributed by atoms with Crippen LogP contribution < -0.4 is 5.32 Å². The van der Waals surface area contributed by atoms with Crippen LogP contribution in [0.15, 0.2) is 43.1 Å². The van der Waals surface area contributed by atoms with Gasteiger partial charge in [-0.2, -0.15) is 0 Å². The van der Waals surface area contributed by atoms with Crippen molar-refractivity contribution in [2.24, 2.45) is 5.92 Å². The van der Waals surface area contributed by atoms with E-state index in [0.717, 1.165) is 25.1 Å². The summed E-state index contributed by atoms with van der Waals surface area (Å²) in [5.41, 5.74) is 1.11. The van der Waals surface area contributed by atoms with E-state index >= 15 is 0 Å². The summed E-state index contributed by atoms with van der Waals surface area (Å²) < 4.78 is 14.8. The van der Waals surface area contributed by atoms with E-state index in [-0.39, 0.29) is 11.1 Å². The van der Waals surface area contributed by atoms with Crippen LogP contribution in [0.4, 0.5) is 4.39 Å². The van der Waals surface area contributed by atoms with Gasteiger partial charge >= 0.3 is 5.97 Å². The average molecular weight is 396 g/mol. The third kappa shape index (κ3) is 4.42. The summed E-state index contributed by atoms with van der Waals surface area (Å²) in [6.07, 6.45) is 9.50. The van der Waals surface area contributed by atoms with Gasteiger partial charge in [0.05, 0.1) is 41.4 Å². The second-order valence-electron chi connectivity index (χ2n) is 6.92. The van der Waals surface area contributed by atoms with Crippen LogP contribution in [-0.4, -0.2) is 41.9 Å². The Hall–Kier alpha value is -3.69. The lowest BCUT2D eigenvalue weighted by Gasteiger charge is -2.16. The predicted molar refractivity (Wildman–Crippen MR) is 97.9 cm³/mol. The van der Waals surface area contributed by atoms with Gasteiger partial charge in [-0.1, -0.05) is 18.1 Å². The van der Waals surface area contributed by atoms with Crippen LogP contribution in [0.1, 0.15) is 51.7 Å². The predicted octanol–water partition coefficient (Wildman–Crippen LogP) is 2.17. The number of carboxylic acids is 1. The molecule has 3 aromatic rings. The van der Waals surface area contributed by atoms with Gasteiger partial charge in [-0.3, -0.25) is 14.8 Å². The fraction of sp³-hybridized carbons (Fsp3) is 0.263. The van der Waals surface area contributed by atoms with Crippen molar-refractivity contribution in [2.75, 3.05) is 0 Å². The molecular formula is C19H17FN6O3. The van der Waals surface area contributed by atoms with E-state index in [0.29, 0.717) is 23.7 Å². The molecule has 0 bridgehead atoms. The van der Waals surface area contributed by atoms with E-state index < -0.39 is 23.7 Å². The van der Waals surface area contributed by atoms with E-state index in [1.165, 1.54) is 29.3 Å². The largest absolute Gasteiger partial charge is 0.478 e. The van der Waals surface area contributed by atoms with Crippen LogP contribution in [-0.2, 0) is 0 Å². The normalized spacial score (nSPS) is 14.4. The van der Waals surface area contributed by atoms with Crippen LogP contribution in [0.25, 0.3) is 5.69 Å². The average Bonchev–Trinajstić information content (AvgIpc) is 3.39. The lowest BCUT2D eigenvalue weighted by molar-refractivity contribution is 0.0696. The molecule has 148 valence electrons. The van der Waals surface area contributed by atoms with Crippen LogP contribution in [0.3, 0.4) is 0 Å². The number of carbonyl (C=O) groups excluding carboxylic acids is 1. The number of nitrogens with one attached hydrogen (secondary N) is 1. The van der Waals surface area contributed by atoms with Gasteiger partial charge in [-0.15, -0.1) is 5.10 Å². The molecule has 1 fully saturated rings. The molecule has 9 nitrogen and oxygen atoms in total. The summed E-state index contributed by atoms with van der Waals surface area (Å²) in [6.45, 7) is 0. The van der Waals surface area contributed by atoms with Gasteiger partial charge in [0.15, 0.2) is 0 Å². The number of aromatic carboxylic acids is 1. The molecule has 1 atom stereocenters. The molecule has 0 radical (unpaired) electrons. The van der Waals surface area contributed by atoms with Gasteiger partial charge in [-0.25, -0.2) is 13.9 Å². The molecule has 1 aliphatic rings. The Morgan fingerprint density at radius 2 is 1.93 bits per heavy atom. The number of amides is 1. The van der Waals surface area contributed by atoms with Crippen molar-refractivity contribution in [1.29, 1.82) is 0 Å². The SMILES string of the molecule is O=C(O)c1cncc(-n2cc(C(CC3CC3)NC(=O)c3cncc(F)c3)nn2)c1. The third-order valence-electron chi connectivity index (χ3n) is 4.64. The van der Waals surface area contributed by atoms with E-state index in [4.69, 9.17) is 5.11 Å². The van der Waals surface area contributed by atoms with Crippen LogP contribution in [0.5, 0.6) is 0 Å². The van der Waals surface area contributed by atoms with Gasteiger partial charge in [0, 0.05) is 12.4 Å². The first-order valence-corrected chi connectivity index (χ1v) is 9.02. The van der Waals surface area contributed by atoms with Gasteiger partial charge in [0.2, 0.25) is 0 Å². The summed E-state index contributed by atoms with van der Waals surface area (Å²) in [5.74, 6) is -1.66. The van der Waals surface area contributed by atoms with Crippen molar-refractivity contribution in [3.63, 3.8) is 0 Å². The quantitative estimate of drug-likeness (QED) is 0.627. The Morgan fingerprint density at radius 1 is 1.17 bits per heavy atom. The van der Waals surface area contributed by atoms with Crippen molar-refractivity contribution in [1.82, 2.24) is 30.3 Å². The van der Waals surface area contributed by atoms with Crippen molar-refractivity contribution in [3.8, 4) is 5.69 Å². The number of halogens is 1. The molecule has 10 heteroatoms. The van der Waals surface area contributed by atoms with Gasteiger partial charge in [0.1, 0.15) is 11.5 Å². The van der Waals surface area contributed by atoms with E-state index in [2.05, 4.69) is 25.6 Å². The van der Waals surface area contributed by atoms with E-state index in [1.54, 1.807) is 6.20 Å². The molecule has 1 amide bonds. The number of nitrogens with zero attached hydrogens (tertiary/aromatic N) is 5. The Labute approximate surface area is 164 Å². The van der Waals surface area contributed by atoms with Crippen molar-refractivity contribution < 1.29 is 19.1 Å². The van der Waals surface area contributed by atoms with Gasteiger partial charge < -0.3 is 10.4 Å². The third-order valence-corrected chi connectivity index (χ3v) is 4.64. The standard InChI is InChI=1S/C19H17FN6O3/c20-14-4-12(6-21-8-14)18(27)23-16(3-11-1-2-11)17-10-26(25-24-17)15-5-13(19(28)29)7-22-9-15/h4-11,16H,1-3H2,(H,23,27)(H,28,29). The molecule has 1 aliphatic carbocycles. The highest BCUT2D eigenvalue weighted by molar-refractivity contribution is 5.94. The molecule has 0 aliphatic heterocycles. The molecule has 2 N–H and O–H groups in total. The molecule has 29 heavy (non-hydrogen) atoms. The molecule has 1 unspecified atom stereocenters. The fourth-order valence-corrected chi connectivity index (χ4v) is 2.95. The summed E-state index contributed by atoms with van der Waals surface area (Å²) in [4.78, 5) is 31.3. The molecule has 0 saturated heterocycles. The number of pyridine rings is 2. The number of aromatic nitrogens is 5. The highest BCUT2D eigenvalue weighted by atomic mass is 19.1. The van der Waals surface area contributed by atoms with Crippen LogP contribution in [0, 0.1) is 11.7 Å². The minimum Gasteiger partial charge on any atom is -0.478 e. The molecule has 1 saturated carbocycles. The Balaban J connectivity index is 1.57. The molecule has 3 heterocycles. The number of hydrogen-bond donors (Lipinski definition) is 2. The molecule has 0 spiro atoms. The summed E-state index contributed by atoms with van der Waals surface area (Å²) >= 11 is 0. The number of carbonyl (C=O) groups is 2. The highest BCUT2D eigenvalue weighted by Crippen LogP contribution is 2.37. The molecule has 0 aromatic carbocycles. The summed E-state index contributed by atoms with van der Waals surface area (Å²) in [6, 6.07) is 2.14. The van der Waals surface area contributed by atoms with Crippen LogP contribution in [0.2, 0.25) is 0 Å². The highest BCUT2D eigenvalue weighted by Gasteiger charge is 2.29. The zero-order valence-electron chi connectivity index (χ0n) is 15.2. The monoisotopic (exact) mass is 396 g/mol. The summed E-state index contributed by atoms with van der Waals surface area (Å²) in [7, 11) is 0. The summed E-state index contributed by atoms with van der Waals surface area (Å²) in [5, 5.41) is 20.2. The second-order valence-corrected chi connectivity index (χ2v) is 6.92. The zero-order chi connectivity index (χ0) is 20.4. The maximum atomic E-state index is 13.4. The Kier molecular flexibility index (Phi) is 4.98. The number of hydrogen-bond acceptors (Lipinski definition) is 6. The first-order chi connectivity index (χ1) is 14.0. The van der Waals surface area contributed by atoms with Crippen molar-refractivity contribution in [3.05, 3.63) is 65.8 Å². The lowest BCUT2D eigenvalue weighted by Crippen LogP contribution is -2.29. The molecular weight excluding hydrogens is 379 g/mol. The lowest BCUT2D eigenvalue weighted by atomic mass is 10.1.